The quantitative estimate of drug-likeness (QED) is 0.710. The summed E-state index contributed by atoms with van der Waals surface area (Å²) in [6.45, 7) is 4.43. The smallest absolute Gasteiger partial charge is 0.128 e. The fourth-order valence-corrected chi connectivity index (χ4v) is 2.52. The Hall–Kier alpha value is -2.22. The van der Waals surface area contributed by atoms with Gasteiger partial charge in [-0.15, -0.1) is 0 Å². The molecule has 0 saturated carbocycles. The fourth-order valence-electron chi connectivity index (χ4n) is 2.52. The molecule has 0 radical (unpaired) electrons. The summed E-state index contributed by atoms with van der Waals surface area (Å²) < 4.78 is 5.44. The molecule has 0 aliphatic heterocycles. The second-order valence-corrected chi connectivity index (χ2v) is 5.38. The van der Waals surface area contributed by atoms with Gasteiger partial charge in [0.15, 0.2) is 0 Å². The number of hydrogen-bond donors (Lipinski definition) is 1. The van der Waals surface area contributed by atoms with E-state index >= 15 is 0 Å². The Bertz CT molecular complexity index is 740. The lowest BCUT2D eigenvalue weighted by Crippen LogP contribution is -1.86. The van der Waals surface area contributed by atoms with Crippen molar-refractivity contribution in [3.8, 4) is 17.0 Å². The van der Waals surface area contributed by atoms with Gasteiger partial charge in [0.25, 0.3) is 0 Å². The first-order valence-corrected chi connectivity index (χ1v) is 6.95. The monoisotopic (exact) mass is 265 g/mol. The van der Waals surface area contributed by atoms with Crippen LogP contribution >= 0.6 is 0 Å². The highest BCUT2D eigenvalue weighted by Gasteiger charge is 2.09. The van der Waals surface area contributed by atoms with Gasteiger partial charge in [-0.25, -0.2) is 0 Å². The normalized spacial score (nSPS) is 11.2. The number of aromatic amines is 1. The van der Waals surface area contributed by atoms with Gasteiger partial charge < -0.3 is 9.72 Å². The Labute approximate surface area is 119 Å². The maximum Gasteiger partial charge on any atom is 0.128 e. The number of benzene rings is 2. The number of aromatic nitrogens is 1. The summed E-state index contributed by atoms with van der Waals surface area (Å²) in [5.41, 5.74) is 4.72. The second-order valence-electron chi connectivity index (χ2n) is 5.38. The molecule has 2 nitrogen and oxygen atoms in total. The van der Waals surface area contributed by atoms with E-state index in [1.807, 2.05) is 18.2 Å². The van der Waals surface area contributed by atoms with Crippen LogP contribution in [0.3, 0.4) is 0 Å². The van der Waals surface area contributed by atoms with Gasteiger partial charge in [-0.1, -0.05) is 32.0 Å². The fraction of sp³-hybridized carbons (Fsp3) is 0.222. The Morgan fingerprint density at radius 1 is 1.00 bits per heavy atom. The minimum Gasteiger partial charge on any atom is -0.496 e. The zero-order chi connectivity index (χ0) is 14.1. The van der Waals surface area contributed by atoms with Crippen molar-refractivity contribution in [2.24, 2.45) is 0 Å². The van der Waals surface area contributed by atoms with Crippen molar-refractivity contribution in [2.75, 3.05) is 7.11 Å². The summed E-state index contributed by atoms with van der Waals surface area (Å²) >= 11 is 0. The molecule has 3 aromatic rings. The molecule has 2 aromatic carbocycles. The number of hydrogen-bond acceptors (Lipinski definition) is 1. The van der Waals surface area contributed by atoms with Gasteiger partial charge in [0.2, 0.25) is 0 Å². The van der Waals surface area contributed by atoms with E-state index in [4.69, 9.17) is 4.74 Å². The molecule has 1 aromatic heterocycles. The minimum atomic E-state index is 0.545. The van der Waals surface area contributed by atoms with Crippen LogP contribution < -0.4 is 4.74 Å². The number of H-pyrrole nitrogens is 1. The van der Waals surface area contributed by atoms with Gasteiger partial charge in [0.1, 0.15) is 5.75 Å². The number of para-hydroxylation sites is 1. The van der Waals surface area contributed by atoms with Gasteiger partial charge >= 0.3 is 0 Å². The molecule has 0 bridgehead atoms. The number of methoxy groups -OCH3 is 1. The number of fused-ring (bicyclic) bond motifs is 1. The van der Waals surface area contributed by atoms with E-state index in [9.17, 15) is 0 Å². The van der Waals surface area contributed by atoms with Crippen molar-refractivity contribution in [3.05, 3.63) is 54.1 Å². The molecule has 2 heteroatoms. The van der Waals surface area contributed by atoms with Crippen LogP contribution in [0.4, 0.5) is 0 Å². The molecule has 0 aliphatic carbocycles. The first-order valence-electron chi connectivity index (χ1n) is 6.95. The Morgan fingerprint density at radius 3 is 2.55 bits per heavy atom. The SMILES string of the molecule is COc1ccccc1-c1cc2cc(C(C)C)ccc2[nH]1. The molecule has 102 valence electrons. The lowest BCUT2D eigenvalue weighted by Gasteiger charge is -2.05. The Morgan fingerprint density at radius 2 is 1.80 bits per heavy atom. The van der Waals surface area contributed by atoms with Crippen molar-refractivity contribution >= 4 is 10.9 Å². The van der Waals surface area contributed by atoms with E-state index in [0.29, 0.717) is 5.92 Å². The van der Waals surface area contributed by atoms with Crippen LogP contribution in [-0.4, -0.2) is 12.1 Å². The summed E-state index contributed by atoms with van der Waals surface area (Å²) in [4.78, 5) is 3.47. The third-order valence-electron chi connectivity index (χ3n) is 3.71. The molecule has 20 heavy (non-hydrogen) atoms. The molecule has 0 aliphatic rings. The first-order chi connectivity index (χ1) is 9.69. The maximum absolute atomic E-state index is 5.44. The largest absolute Gasteiger partial charge is 0.496 e. The standard InChI is InChI=1S/C18H19NO/c1-12(2)13-8-9-16-14(10-13)11-17(19-16)15-6-4-5-7-18(15)20-3/h4-12,19H,1-3H3. The summed E-state index contributed by atoms with van der Waals surface area (Å²) in [6, 6.07) is 16.9. The number of ether oxygens (including phenoxy) is 1. The third-order valence-corrected chi connectivity index (χ3v) is 3.71. The van der Waals surface area contributed by atoms with Crippen molar-refractivity contribution in [2.45, 2.75) is 19.8 Å². The van der Waals surface area contributed by atoms with Crippen molar-refractivity contribution in [1.82, 2.24) is 4.98 Å². The number of nitrogens with one attached hydrogen (secondary N) is 1. The van der Waals surface area contributed by atoms with Gasteiger partial charge in [0.05, 0.1) is 12.8 Å². The topological polar surface area (TPSA) is 25.0 Å². The summed E-state index contributed by atoms with van der Waals surface area (Å²) in [6.07, 6.45) is 0. The van der Waals surface area contributed by atoms with Crippen LogP contribution in [0, 0.1) is 0 Å². The molecule has 0 saturated heterocycles. The Kier molecular flexibility index (Phi) is 3.23. The Balaban J connectivity index is 2.13. The van der Waals surface area contributed by atoms with Crippen molar-refractivity contribution < 1.29 is 4.74 Å². The molecule has 0 unspecified atom stereocenters. The molecular formula is C18H19NO. The van der Waals surface area contributed by atoms with Crippen LogP contribution in [0.1, 0.15) is 25.3 Å². The molecule has 0 amide bonds. The molecule has 0 spiro atoms. The maximum atomic E-state index is 5.44. The predicted octanol–water partition coefficient (Wildman–Crippen LogP) is 4.97. The summed E-state index contributed by atoms with van der Waals surface area (Å²) in [7, 11) is 1.71. The van der Waals surface area contributed by atoms with Gasteiger partial charge in [-0.3, -0.25) is 0 Å². The van der Waals surface area contributed by atoms with E-state index in [1.54, 1.807) is 7.11 Å². The highest BCUT2D eigenvalue weighted by atomic mass is 16.5. The minimum absolute atomic E-state index is 0.545. The van der Waals surface area contributed by atoms with Crippen LogP contribution in [0.5, 0.6) is 5.75 Å². The summed E-state index contributed by atoms with van der Waals surface area (Å²) in [5.74, 6) is 1.44. The molecule has 1 N–H and O–H groups in total. The van der Waals surface area contributed by atoms with Gasteiger partial charge in [-0.05, 0) is 41.8 Å². The third kappa shape index (κ3) is 2.18. The van der Waals surface area contributed by atoms with Crippen molar-refractivity contribution in [3.63, 3.8) is 0 Å². The van der Waals surface area contributed by atoms with E-state index in [0.717, 1.165) is 22.5 Å². The average Bonchev–Trinajstić information content (AvgIpc) is 2.89. The van der Waals surface area contributed by atoms with E-state index in [2.05, 4.69) is 49.2 Å². The molecule has 1 heterocycles. The predicted molar refractivity (Wildman–Crippen MR) is 84.4 cm³/mol. The summed E-state index contributed by atoms with van der Waals surface area (Å²) in [5, 5.41) is 1.25. The van der Waals surface area contributed by atoms with Gasteiger partial charge in [-0.2, -0.15) is 0 Å². The lowest BCUT2D eigenvalue weighted by molar-refractivity contribution is 0.416. The van der Waals surface area contributed by atoms with Crippen LogP contribution in [0.15, 0.2) is 48.5 Å². The number of rotatable bonds is 3. The van der Waals surface area contributed by atoms with Gasteiger partial charge in [0, 0.05) is 16.5 Å². The zero-order valence-corrected chi connectivity index (χ0v) is 12.1. The zero-order valence-electron chi connectivity index (χ0n) is 12.1. The molecule has 0 fully saturated rings. The lowest BCUT2D eigenvalue weighted by atomic mass is 10.0. The van der Waals surface area contributed by atoms with Crippen LogP contribution in [0.2, 0.25) is 0 Å². The second kappa shape index (κ2) is 5.04. The van der Waals surface area contributed by atoms with Crippen LogP contribution in [0.25, 0.3) is 22.2 Å². The first kappa shape index (κ1) is 12.8. The average molecular weight is 265 g/mol. The highest BCUT2D eigenvalue weighted by molar-refractivity contribution is 5.87. The van der Waals surface area contributed by atoms with Crippen molar-refractivity contribution in [1.29, 1.82) is 0 Å². The van der Waals surface area contributed by atoms with E-state index in [-0.39, 0.29) is 0 Å². The molecular weight excluding hydrogens is 246 g/mol. The van der Waals surface area contributed by atoms with Crippen LogP contribution in [-0.2, 0) is 0 Å². The van der Waals surface area contributed by atoms with E-state index in [1.165, 1.54) is 10.9 Å². The highest BCUT2D eigenvalue weighted by Crippen LogP contribution is 2.32. The molecule has 3 rings (SSSR count). The van der Waals surface area contributed by atoms with E-state index < -0.39 is 0 Å². The molecule has 0 atom stereocenters.